The van der Waals surface area contributed by atoms with Crippen LogP contribution >= 0.6 is 0 Å². The molecule has 0 spiro atoms. The Morgan fingerprint density at radius 1 is 1.17 bits per heavy atom. The molecule has 2 aromatic rings. The van der Waals surface area contributed by atoms with E-state index in [2.05, 4.69) is 0 Å². The summed E-state index contributed by atoms with van der Waals surface area (Å²) in [5.74, 6) is 0.263. The molecule has 1 amide bonds. The van der Waals surface area contributed by atoms with Crippen LogP contribution in [0.5, 0.6) is 11.5 Å². The van der Waals surface area contributed by atoms with Crippen molar-refractivity contribution in [1.82, 2.24) is 4.90 Å². The monoisotopic (exact) mass is 331 g/mol. The highest BCUT2D eigenvalue weighted by molar-refractivity contribution is 5.70. The van der Waals surface area contributed by atoms with Crippen LogP contribution in [0.4, 0.5) is 9.18 Å². The second-order valence-corrected chi connectivity index (χ2v) is 5.43. The van der Waals surface area contributed by atoms with Gasteiger partial charge in [0.15, 0.2) is 11.5 Å². The third kappa shape index (κ3) is 2.99. The summed E-state index contributed by atoms with van der Waals surface area (Å²) in [6, 6.07) is 12.1. The summed E-state index contributed by atoms with van der Waals surface area (Å²) in [4.78, 5) is 13.6. The van der Waals surface area contributed by atoms with Crippen LogP contribution in [0, 0.1) is 5.82 Å². The van der Waals surface area contributed by atoms with Crippen molar-refractivity contribution in [3.63, 3.8) is 0 Å². The Bertz CT molecular complexity index is 735. The standard InChI is InChI=1S/C18H18FNO4/c1-22-16-8-13(14(19)9-17(16)23-2)10-20-15(11-24-18(20)21)12-6-4-3-5-7-12/h3-9,15H,10-11H2,1-2H3/t15-/m1/s1. The minimum absolute atomic E-state index is 0.0879. The maximum atomic E-state index is 14.3. The van der Waals surface area contributed by atoms with Crippen LogP contribution in [0.15, 0.2) is 42.5 Å². The summed E-state index contributed by atoms with van der Waals surface area (Å²) in [6.45, 7) is 0.336. The van der Waals surface area contributed by atoms with Gasteiger partial charge in [0, 0.05) is 11.6 Å². The number of amides is 1. The number of carbonyl (C=O) groups excluding carboxylic acids is 1. The van der Waals surface area contributed by atoms with Gasteiger partial charge in [0.2, 0.25) is 0 Å². The van der Waals surface area contributed by atoms with E-state index < -0.39 is 11.9 Å². The molecule has 126 valence electrons. The molecule has 0 unspecified atom stereocenters. The van der Waals surface area contributed by atoms with E-state index in [1.807, 2.05) is 30.3 Å². The molecule has 1 fully saturated rings. The van der Waals surface area contributed by atoms with Gasteiger partial charge in [-0.2, -0.15) is 0 Å². The van der Waals surface area contributed by atoms with Crippen molar-refractivity contribution in [3.8, 4) is 11.5 Å². The van der Waals surface area contributed by atoms with Gasteiger partial charge >= 0.3 is 6.09 Å². The summed E-state index contributed by atoms with van der Waals surface area (Å²) >= 11 is 0. The molecule has 6 heteroatoms. The van der Waals surface area contributed by atoms with Gasteiger partial charge in [-0.05, 0) is 11.6 Å². The average molecular weight is 331 g/mol. The number of halogens is 1. The number of hydrogen-bond acceptors (Lipinski definition) is 4. The zero-order valence-corrected chi connectivity index (χ0v) is 13.5. The normalized spacial score (nSPS) is 16.9. The topological polar surface area (TPSA) is 48.0 Å². The lowest BCUT2D eigenvalue weighted by molar-refractivity contribution is 0.156. The highest BCUT2D eigenvalue weighted by Gasteiger charge is 2.34. The van der Waals surface area contributed by atoms with E-state index in [1.54, 1.807) is 6.07 Å². The van der Waals surface area contributed by atoms with Crippen LogP contribution in [0.3, 0.4) is 0 Å². The fourth-order valence-corrected chi connectivity index (χ4v) is 2.78. The van der Waals surface area contributed by atoms with Gasteiger partial charge in [-0.15, -0.1) is 0 Å². The molecule has 3 rings (SSSR count). The maximum Gasteiger partial charge on any atom is 0.410 e. The molecule has 0 aromatic heterocycles. The molecule has 0 aliphatic carbocycles. The number of ether oxygens (including phenoxy) is 3. The SMILES string of the molecule is COc1cc(F)c(CN2C(=O)OC[C@@H]2c2ccccc2)cc1OC. The molecular formula is C18H18FNO4. The summed E-state index contributed by atoms with van der Waals surface area (Å²) in [5, 5.41) is 0. The Labute approximate surface area is 139 Å². The predicted octanol–water partition coefficient (Wildman–Crippen LogP) is 3.54. The third-order valence-corrected chi connectivity index (χ3v) is 4.05. The minimum Gasteiger partial charge on any atom is -0.493 e. The molecule has 1 atom stereocenters. The number of nitrogens with zero attached hydrogens (tertiary/aromatic N) is 1. The predicted molar refractivity (Wildman–Crippen MR) is 85.6 cm³/mol. The molecule has 1 saturated heterocycles. The van der Waals surface area contributed by atoms with Crippen molar-refractivity contribution in [3.05, 3.63) is 59.4 Å². The van der Waals surface area contributed by atoms with Crippen LogP contribution < -0.4 is 9.47 Å². The maximum absolute atomic E-state index is 14.3. The number of cyclic esters (lactones) is 1. The molecule has 2 aromatic carbocycles. The quantitative estimate of drug-likeness (QED) is 0.841. The fraction of sp³-hybridized carbons (Fsp3) is 0.278. The van der Waals surface area contributed by atoms with E-state index in [9.17, 15) is 9.18 Å². The summed E-state index contributed by atoms with van der Waals surface area (Å²) in [7, 11) is 2.93. The zero-order valence-electron chi connectivity index (χ0n) is 13.5. The molecule has 0 N–H and O–H groups in total. The molecule has 0 saturated carbocycles. The Morgan fingerprint density at radius 3 is 2.50 bits per heavy atom. The van der Waals surface area contributed by atoms with Crippen LogP contribution in [0.25, 0.3) is 0 Å². The van der Waals surface area contributed by atoms with E-state index in [-0.39, 0.29) is 19.2 Å². The molecule has 0 radical (unpaired) electrons. The lowest BCUT2D eigenvalue weighted by atomic mass is 10.1. The number of methoxy groups -OCH3 is 2. The Balaban J connectivity index is 1.90. The van der Waals surface area contributed by atoms with E-state index >= 15 is 0 Å². The van der Waals surface area contributed by atoms with Gasteiger partial charge in [0.05, 0.1) is 26.8 Å². The Hall–Kier alpha value is -2.76. The Morgan fingerprint density at radius 2 is 1.83 bits per heavy atom. The molecular weight excluding hydrogens is 313 g/mol. The molecule has 5 nitrogen and oxygen atoms in total. The van der Waals surface area contributed by atoms with Gasteiger partial charge in [-0.25, -0.2) is 9.18 Å². The van der Waals surface area contributed by atoms with Gasteiger partial charge in [-0.1, -0.05) is 30.3 Å². The lowest BCUT2D eigenvalue weighted by Crippen LogP contribution is -2.27. The van der Waals surface area contributed by atoms with Gasteiger partial charge in [0.25, 0.3) is 0 Å². The third-order valence-electron chi connectivity index (χ3n) is 4.05. The second-order valence-electron chi connectivity index (χ2n) is 5.43. The number of hydrogen-bond donors (Lipinski definition) is 0. The van der Waals surface area contributed by atoms with Crippen molar-refractivity contribution in [2.75, 3.05) is 20.8 Å². The largest absolute Gasteiger partial charge is 0.493 e. The minimum atomic E-state index is -0.460. The van der Waals surface area contributed by atoms with E-state index in [0.29, 0.717) is 17.1 Å². The van der Waals surface area contributed by atoms with Crippen molar-refractivity contribution >= 4 is 6.09 Å². The van der Waals surface area contributed by atoms with Crippen LogP contribution in [-0.2, 0) is 11.3 Å². The van der Waals surface area contributed by atoms with E-state index in [0.717, 1.165) is 5.56 Å². The fourth-order valence-electron chi connectivity index (χ4n) is 2.78. The van der Waals surface area contributed by atoms with Crippen molar-refractivity contribution in [2.24, 2.45) is 0 Å². The van der Waals surface area contributed by atoms with Crippen molar-refractivity contribution in [2.45, 2.75) is 12.6 Å². The van der Waals surface area contributed by atoms with Gasteiger partial charge in [-0.3, -0.25) is 4.90 Å². The molecule has 0 bridgehead atoms. The molecule has 1 aliphatic heterocycles. The first-order valence-electron chi connectivity index (χ1n) is 7.52. The summed E-state index contributed by atoms with van der Waals surface area (Å²) in [5.41, 5.74) is 1.29. The summed E-state index contributed by atoms with van der Waals surface area (Å²) in [6.07, 6.45) is -0.460. The van der Waals surface area contributed by atoms with Crippen molar-refractivity contribution < 1.29 is 23.4 Å². The molecule has 24 heavy (non-hydrogen) atoms. The summed E-state index contributed by atoms with van der Waals surface area (Å²) < 4.78 is 29.8. The molecule has 1 heterocycles. The average Bonchev–Trinajstić information content (AvgIpc) is 2.97. The highest BCUT2D eigenvalue weighted by atomic mass is 19.1. The first kappa shape index (κ1) is 16.1. The second kappa shape index (κ2) is 6.78. The number of benzene rings is 2. The van der Waals surface area contributed by atoms with Crippen LogP contribution in [0.1, 0.15) is 17.2 Å². The zero-order chi connectivity index (χ0) is 17.1. The Kier molecular flexibility index (Phi) is 4.55. The van der Waals surface area contributed by atoms with Crippen LogP contribution in [0.2, 0.25) is 0 Å². The van der Waals surface area contributed by atoms with E-state index in [1.165, 1.54) is 25.2 Å². The number of carbonyl (C=O) groups is 1. The molecule has 1 aliphatic rings. The smallest absolute Gasteiger partial charge is 0.410 e. The van der Waals surface area contributed by atoms with Gasteiger partial charge < -0.3 is 14.2 Å². The van der Waals surface area contributed by atoms with Gasteiger partial charge in [0.1, 0.15) is 12.4 Å². The highest BCUT2D eigenvalue weighted by Crippen LogP contribution is 2.34. The van der Waals surface area contributed by atoms with Crippen LogP contribution in [-0.4, -0.2) is 31.8 Å². The lowest BCUT2D eigenvalue weighted by Gasteiger charge is -2.22. The first-order valence-corrected chi connectivity index (χ1v) is 7.52. The first-order chi connectivity index (χ1) is 11.6. The number of rotatable bonds is 5. The van der Waals surface area contributed by atoms with E-state index in [4.69, 9.17) is 14.2 Å². The van der Waals surface area contributed by atoms with Crippen molar-refractivity contribution in [1.29, 1.82) is 0 Å².